The van der Waals surface area contributed by atoms with Crippen LogP contribution in [0.15, 0.2) is 54.6 Å². The van der Waals surface area contributed by atoms with Gasteiger partial charge < -0.3 is 57.6 Å². The third-order valence-corrected chi connectivity index (χ3v) is 10.0. The van der Waals surface area contributed by atoms with Crippen LogP contribution < -0.4 is 0 Å². The van der Waals surface area contributed by atoms with Crippen molar-refractivity contribution in [3.63, 3.8) is 0 Å². The average molecular weight is 731 g/mol. The van der Waals surface area contributed by atoms with E-state index in [2.05, 4.69) is 19.1 Å². The second-order valence-corrected chi connectivity index (χ2v) is 14.9. The van der Waals surface area contributed by atoms with Gasteiger partial charge in [0.1, 0.15) is 18.8 Å². The minimum Gasteiger partial charge on any atom is -0.465 e. The van der Waals surface area contributed by atoms with Crippen LogP contribution in [-0.4, -0.2) is 113 Å². The summed E-state index contributed by atoms with van der Waals surface area (Å²) in [5.74, 6) is -1.46. The number of aliphatic hydroxyl groups is 2. The van der Waals surface area contributed by atoms with Gasteiger partial charge >= 0.3 is 5.97 Å². The van der Waals surface area contributed by atoms with Crippen molar-refractivity contribution in [3.05, 3.63) is 71.3 Å². The number of aliphatic hydroxyl groups excluding tert-OH is 2. The molecule has 7 rings (SSSR count). The Hall–Kier alpha value is -2.53. The molecule has 5 fully saturated rings. The first-order valence-corrected chi connectivity index (χ1v) is 18.4. The Labute approximate surface area is 305 Å². The van der Waals surface area contributed by atoms with E-state index in [1.165, 1.54) is 0 Å². The predicted octanol–water partition coefficient (Wildman–Crippen LogP) is 3.99. The van der Waals surface area contributed by atoms with E-state index >= 15 is 0 Å². The summed E-state index contributed by atoms with van der Waals surface area (Å²) in [6, 6.07) is 18.1. The maximum Gasteiger partial charge on any atom is 0.305 e. The smallest absolute Gasteiger partial charge is 0.305 e. The van der Waals surface area contributed by atoms with Crippen molar-refractivity contribution in [2.75, 3.05) is 72.7 Å². The largest absolute Gasteiger partial charge is 0.465 e. The Kier molecular flexibility index (Phi) is 13.7. The van der Waals surface area contributed by atoms with Gasteiger partial charge in [0, 0.05) is 48.0 Å². The topological polar surface area (TPSA) is 150 Å². The fourth-order valence-corrected chi connectivity index (χ4v) is 6.39. The summed E-state index contributed by atoms with van der Waals surface area (Å²) in [4.78, 5) is 12.0. The van der Waals surface area contributed by atoms with Gasteiger partial charge in [-0.25, -0.2) is 0 Å². The minimum atomic E-state index is -1.07. The van der Waals surface area contributed by atoms with Crippen LogP contribution >= 0.6 is 0 Å². The molecule has 5 aliphatic heterocycles. The van der Waals surface area contributed by atoms with Crippen LogP contribution in [-0.2, 0) is 58.6 Å². The molecule has 0 saturated carbocycles. The average Bonchev–Trinajstić information content (AvgIpc) is 3.19. The molecule has 0 spiro atoms. The summed E-state index contributed by atoms with van der Waals surface area (Å²) in [7, 11) is 0. The molecule has 2 bridgehead atoms. The summed E-state index contributed by atoms with van der Waals surface area (Å²) in [6.45, 7) is 6.93. The molecular formula is C39H54O13. The molecule has 13 nitrogen and oxygen atoms in total. The van der Waals surface area contributed by atoms with E-state index in [1.807, 2.05) is 42.5 Å². The standard InChI is InChI=1S/C39H54O13/c1-37(23-40,24-41)25-49-34(42)10-6-16-43-31-19-47-36(48-20-31)30-13-11-28(12-14-30)18-33-38(2)26-50-39(52-33,51-27-38)15-7-17-44-32-21-45-35(46-22-32)29-8-4-3-5-9-29/h3-5,8-9,11-14,31-33,35-36,40-41H,6-7,10,15-27H2,1-2H3. The summed E-state index contributed by atoms with van der Waals surface area (Å²) >= 11 is 0. The zero-order valence-corrected chi connectivity index (χ0v) is 30.3. The number of rotatable bonds is 18. The third-order valence-electron chi connectivity index (χ3n) is 10.0. The zero-order valence-electron chi connectivity index (χ0n) is 30.3. The van der Waals surface area contributed by atoms with E-state index in [0.717, 1.165) is 23.1 Å². The first-order chi connectivity index (χ1) is 25.2. The molecule has 5 heterocycles. The number of benzene rings is 2. The van der Waals surface area contributed by atoms with Gasteiger partial charge in [-0.3, -0.25) is 4.79 Å². The lowest BCUT2D eigenvalue weighted by molar-refractivity contribution is -0.487. The lowest BCUT2D eigenvalue weighted by Gasteiger charge is -2.55. The fraction of sp³-hybridized carbons (Fsp3) is 0.667. The van der Waals surface area contributed by atoms with Gasteiger partial charge in [0.2, 0.25) is 0 Å². The number of hydrogen-bond acceptors (Lipinski definition) is 13. The Morgan fingerprint density at radius 3 is 1.94 bits per heavy atom. The van der Waals surface area contributed by atoms with E-state index in [4.69, 9.17) is 47.4 Å². The first-order valence-electron chi connectivity index (χ1n) is 18.4. The lowest BCUT2D eigenvalue weighted by atomic mass is 9.80. The highest BCUT2D eigenvalue weighted by atomic mass is 16.9. The van der Waals surface area contributed by atoms with Crippen molar-refractivity contribution in [2.45, 2.75) is 82.8 Å². The number of ether oxygens (including phenoxy) is 10. The number of esters is 1. The van der Waals surface area contributed by atoms with Gasteiger partial charge in [-0.05, 0) is 24.8 Å². The van der Waals surface area contributed by atoms with E-state index in [9.17, 15) is 15.0 Å². The SMILES string of the molecule is CC(CO)(CO)COC(=O)CCCOC1COC(c2ccc(CC3OC4(CCCOC5COC(c6ccccc6)OC5)OCC3(C)CO4)cc2)OC1. The molecule has 0 amide bonds. The molecule has 1 unspecified atom stereocenters. The van der Waals surface area contributed by atoms with Crippen LogP contribution in [0.1, 0.15) is 68.8 Å². The van der Waals surface area contributed by atoms with Crippen molar-refractivity contribution in [1.29, 1.82) is 0 Å². The third kappa shape index (κ3) is 10.4. The van der Waals surface area contributed by atoms with E-state index < -0.39 is 23.6 Å². The van der Waals surface area contributed by atoms with E-state index in [0.29, 0.717) is 72.1 Å². The summed E-state index contributed by atoms with van der Waals surface area (Å²) in [5, 5.41) is 18.6. The van der Waals surface area contributed by atoms with Crippen molar-refractivity contribution >= 4 is 5.97 Å². The Bertz CT molecular complexity index is 1360. The normalized spacial score (nSPS) is 30.7. The highest BCUT2D eigenvalue weighted by molar-refractivity contribution is 5.69. The maximum atomic E-state index is 12.0. The van der Waals surface area contributed by atoms with Crippen molar-refractivity contribution < 1.29 is 62.4 Å². The number of fused-ring (bicyclic) bond motifs is 3. The number of carbonyl (C=O) groups is 1. The summed E-state index contributed by atoms with van der Waals surface area (Å²) < 4.78 is 59.5. The molecule has 0 radical (unpaired) electrons. The molecule has 5 saturated heterocycles. The number of hydrogen-bond donors (Lipinski definition) is 2. The Balaban J connectivity index is 0.873. The highest BCUT2D eigenvalue weighted by Crippen LogP contribution is 2.46. The first kappa shape index (κ1) is 39.2. The lowest BCUT2D eigenvalue weighted by Crippen LogP contribution is -2.64. The molecule has 5 aliphatic rings. The van der Waals surface area contributed by atoms with Crippen LogP contribution in [0, 0.1) is 10.8 Å². The van der Waals surface area contributed by atoms with E-state index in [1.54, 1.807) is 6.92 Å². The molecule has 1 atom stereocenters. The molecular weight excluding hydrogens is 676 g/mol. The second kappa shape index (κ2) is 18.2. The van der Waals surface area contributed by atoms with Crippen LogP contribution in [0.4, 0.5) is 0 Å². The molecule has 13 heteroatoms. The Morgan fingerprint density at radius 2 is 1.37 bits per heavy atom. The zero-order chi connectivity index (χ0) is 36.4. The summed E-state index contributed by atoms with van der Waals surface area (Å²) in [5.41, 5.74) is 1.97. The molecule has 52 heavy (non-hydrogen) atoms. The van der Waals surface area contributed by atoms with Crippen molar-refractivity contribution in [2.24, 2.45) is 10.8 Å². The molecule has 2 aromatic rings. The van der Waals surface area contributed by atoms with Crippen LogP contribution in [0.25, 0.3) is 0 Å². The quantitative estimate of drug-likeness (QED) is 0.168. The fourth-order valence-electron chi connectivity index (χ4n) is 6.39. The van der Waals surface area contributed by atoms with Crippen LogP contribution in [0.3, 0.4) is 0 Å². The Morgan fingerprint density at radius 1 is 0.808 bits per heavy atom. The summed E-state index contributed by atoms with van der Waals surface area (Å²) in [6.07, 6.45) is 1.38. The maximum absolute atomic E-state index is 12.0. The van der Waals surface area contributed by atoms with Crippen LogP contribution in [0.2, 0.25) is 0 Å². The molecule has 2 N–H and O–H groups in total. The highest BCUT2D eigenvalue weighted by Gasteiger charge is 2.55. The van der Waals surface area contributed by atoms with Gasteiger partial charge in [-0.1, -0.05) is 68.4 Å². The van der Waals surface area contributed by atoms with Crippen LogP contribution in [0.5, 0.6) is 0 Å². The van der Waals surface area contributed by atoms with E-state index in [-0.39, 0.29) is 56.3 Å². The van der Waals surface area contributed by atoms with Gasteiger partial charge in [0.25, 0.3) is 5.97 Å². The van der Waals surface area contributed by atoms with Gasteiger partial charge in [0.05, 0.1) is 59.0 Å². The second-order valence-electron chi connectivity index (χ2n) is 14.9. The van der Waals surface area contributed by atoms with Gasteiger partial charge in [-0.15, -0.1) is 0 Å². The van der Waals surface area contributed by atoms with Gasteiger partial charge in [0.15, 0.2) is 12.6 Å². The van der Waals surface area contributed by atoms with Crippen molar-refractivity contribution in [1.82, 2.24) is 0 Å². The monoisotopic (exact) mass is 730 g/mol. The minimum absolute atomic E-state index is 0.0353. The predicted molar refractivity (Wildman–Crippen MR) is 185 cm³/mol. The molecule has 0 aliphatic carbocycles. The van der Waals surface area contributed by atoms with Crippen molar-refractivity contribution in [3.8, 4) is 0 Å². The van der Waals surface area contributed by atoms with Gasteiger partial charge in [-0.2, -0.15) is 0 Å². The molecule has 288 valence electrons. The molecule has 0 aromatic heterocycles. The molecule has 2 aromatic carbocycles. The number of carbonyl (C=O) groups excluding carboxylic acids is 1.